The molecule has 1 saturated heterocycles. The number of carboxylic acid groups (broad SMARTS) is 1. The molecule has 3 atom stereocenters. The maximum absolute atomic E-state index is 11.6. The van der Waals surface area contributed by atoms with Crippen molar-refractivity contribution in [1.29, 1.82) is 0 Å². The van der Waals surface area contributed by atoms with Crippen LogP contribution >= 0.6 is 0 Å². The number of benzene rings is 1. The van der Waals surface area contributed by atoms with E-state index in [0.29, 0.717) is 25.0 Å². The molecule has 1 aromatic rings. The second-order valence-electron chi connectivity index (χ2n) is 5.82. The van der Waals surface area contributed by atoms with Gasteiger partial charge < -0.3 is 10.8 Å². The van der Waals surface area contributed by atoms with E-state index < -0.39 is 11.9 Å². The van der Waals surface area contributed by atoms with E-state index in [1.807, 2.05) is 30.3 Å². The first-order valence-electron chi connectivity index (χ1n) is 7.33. The molecule has 110 valence electrons. The summed E-state index contributed by atoms with van der Waals surface area (Å²) in [6.07, 6.45) is 2.19. The van der Waals surface area contributed by atoms with Gasteiger partial charge in [-0.2, -0.15) is 0 Å². The molecular formula is C16H24N2O2. The van der Waals surface area contributed by atoms with Crippen LogP contribution in [0, 0.1) is 5.92 Å². The lowest BCUT2D eigenvalue weighted by Crippen LogP contribution is -2.48. The zero-order valence-corrected chi connectivity index (χ0v) is 12.0. The predicted molar refractivity (Wildman–Crippen MR) is 79.6 cm³/mol. The topological polar surface area (TPSA) is 66.6 Å². The van der Waals surface area contributed by atoms with Crippen molar-refractivity contribution >= 4 is 5.97 Å². The Bertz CT molecular complexity index is 435. The summed E-state index contributed by atoms with van der Waals surface area (Å²) in [4.78, 5) is 13.8. The lowest BCUT2D eigenvalue weighted by Gasteiger charge is -2.39. The van der Waals surface area contributed by atoms with Crippen molar-refractivity contribution in [3.8, 4) is 0 Å². The minimum Gasteiger partial charge on any atom is -0.481 e. The summed E-state index contributed by atoms with van der Waals surface area (Å²) < 4.78 is 0. The van der Waals surface area contributed by atoms with Crippen LogP contribution in [0.3, 0.4) is 0 Å². The van der Waals surface area contributed by atoms with Crippen LogP contribution in [0.25, 0.3) is 0 Å². The van der Waals surface area contributed by atoms with Gasteiger partial charge in [-0.25, -0.2) is 0 Å². The Morgan fingerprint density at radius 1 is 1.45 bits per heavy atom. The number of hydrogen-bond donors (Lipinski definition) is 2. The molecule has 0 bridgehead atoms. The molecule has 0 aliphatic carbocycles. The summed E-state index contributed by atoms with van der Waals surface area (Å²) in [5.74, 6) is -0.552. The number of carbonyl (C=O) groups is 1. The monoisotopic (exact) mass is 276 g/mol. The van der Waals surface area contributed by atoms with E-state index in [0.717, 1.165) is 24.9 Å². The summed E-state index contributed by atoms with van der Waals surface area (Å²) in [6.45, 7) is 4.34. The van der Waals surface area contributed by atoms with Gasteiger partial charge >= 0.3 is 5.97 Å². The van der Waals surface area contributed by atoms with E-state index in [-0.39, 0.29) is 0 Å². The van der Waals surface area contributed by atoms with Gasteiger partial charge in [-0.3, -0.25) is 9.69 Å². The molecule has 4 heteroatoms. The molecule has 4 nitrogen and oxygen atoms in total. The molecular weight excluding hydrogens is 252 g/mol. The van der Waals surface area contributed by atoms with Gasteiger partial charge in [0.25, 0.3) is 0 Å². The first kappa shape index (κ1) is 15.0. The Hall–Kier alpha value is -1.39. The molecule has 1 aromatic carbocycles. The number of nitrogens with two attached hydrogens (primary N) is 1. The average Bonchev–Trinajstić information content (AvgIpc) is 2.46. The normalized spacial score (nSPS) is 25.3. The Balaban J connectivity index is 2.10. The SMILES string of the molecule is CC1CCN(CC(C(=O)O)c2ccccc2)C(CN)C1. The van der Waals surface area contributed by atoms with E-state index >= 15 is 0 Å². The summed E-state index contributed by atoms with van der Waals surface area (Å²) in [5, 5.41) is 9.51. The van der Waals surface area contributed by atoms with Crippen molar-refractivity contribution < 1.29 is 9.90 Å². The largest absolute Gasteiger partial charge is 0.481 e. The van der Waals surface area contributed by atoms with Crippen molar-refractivity contribution in [3.63, 3.8) is 0 Å². The van der Waals surface area contributed by atoms with Crippen LogP contribution < -0.4 is 5.73 Å². The van der Waals surface area contributed by atoms with Crippen molar-refractivity contribution in [1.82, 2.24) is 4.90 Å². The van der Waals surface area contributed by atoms with E-state index in [9.17, 15) is 9.90 Å². The van der Waals surface area contributed by atoms with Crippen molar-refractivity contribution in [3.05, 3.63) is 35.9 Å². The fourth-order valence-corrected chi connectivity index (χ4v) is 3.03. The summed E-state index contributed by atoms with van der Waals surface area (Å²) in [7, 11) is 0. The van der Waals surface area contributed by atoms with Crippen LogP contribution in [-0.2, 0) is 4.79 Å². The molecule has 1 aliphatic rings. The summed E-state index contributed by atoms with van der Waals surface area (Å²) in [6, 6.07) is 9.79. The fraction of sp³-hybridized carbons (Fsp3) is 0.562. The third-order valence-electron chi connectivity index (χ3n) is 4.29. The maximum atomic E-state index is 11.6. The first-order valence-corrected chi connectivity index (χ1v) is 7.33. The zero-order chi connectivity index (χ0) is 14.5. The lowest BCUT2D eigenvalue weighted by atomic mass is 9.90. The Labute approximate surface area is 120 Å². The number of hydrogen-bond acceptors (Lipinski definition) is 3. The van der Waals surface area contributed by atoms with Crippen molar-refractivity contribution in [2.24, 2.45) is 11.7 Å². The molecule has 1 fully saturated rings. The van der Waals surface area contributed by atoms with Crippen LogP contribution in [0.1, 0.15) is 31.2 Å². The highest BCUT2D eigenvalue weighted by molar-refractivity contribution is 5.76. The van der Waals surface area contributed by atoms with Crippen LogP contribution in [0.5, 0.6) is 0 Å². The second kappa shape index (κ2) is 6.86. The van der Waals surface area contributed by atoms with Gasteiger partial charge in [0.05, 0.1) is 5.92 Å². The van der Waals surface area contributed by atoms with Gasteiger partial charge in [0.1, 0.15) is 0 Å². The van der Waals surface area contributed by atoms with Gasteiger partial charge in [-0.15, -0.1) is 0 Å². The first-order chi connectivity index (χ1) is 9.61. The molecule has 0 amide bonds. The molecule has 2 rings (SSSR count). The number of carboxylic acids is 1. The van der Waals surface area contributed by atoms with Gasteiger partial charge in [0, 0.05) is 19.1 Å². The Morgan fingerprint density at radius 3 is 2.75 bits per heavy atom. The molecule has 20 heavy (non-hydrogen) atoms. The van der Waals surface area contributed by atoms with Gasteiger partial charge in [0.15, 0.2) is 0 Å². The highest BCUT2D eigenvalue weighted by Gasteiger charge is 2.30. The van der Waals surface area contributed by atoms with Crippen LogP contribution in [0.4, 0.5) is 0 Å². The number of nitrogens with zero attached hydrogens (tertiary/aromatic N) is 1. The quantitative estimate of drug-likeness (QED) is 0.862. The van der Waals surface area contributed by atoms with Crippen molar-refractivity contribution in [2.45, 2.75) is 31.7 Å². The highest BCUT2D eigenvalue weighted by atomic mass is 16.4. The minimum atomic E-state index is -0.759. The molecule has 3 unspecified atom stereocenters. The van der Waals surface area contributed by atoms with Crippen molar-refractivity contribution in [2.75, 3.05) is 19.6 Å². The van der Waals surface area contributed by atoms with E-state index in [1.54, 1.807) is 0 Å². The van der Waals surface area contributed by atoms with E-state index in [1.165, 1.54) is 0 Å². The standard InChI is InChI=1S/C16H24N2O2/c1-12-7-8-18(14(9-12)10-17)11-15(16(19)20)13-5-3-2-4-6-13/h2-6,12,14-15H,7-11,17H2,1H3,(H,19,20). The third-order valence-corrected chi connectivity index (χ3v) is 4.29. The Morgan fingerprint density at radius 2 is 2.15 bits per heavy atom. The molecule has 0 spiro atoms. The number of rotatable bonds is 5. The number of aliphatic carboxylic acids is 1. The van der Waals surface area contributed by atoms with Crippen LogP contribution in [0.15, 0.2) is 30.3 Å². The summed E-state index contributed by atoms with van der Waals surface area (Å²) in [5.41, 5.74) is 6.73. The van der Waals surface area contributed by atoms with Crippen LogP contribution in [-0.4, -0.2) is 41.7 Å². The zero-order valence-electron chi connectivity index (χ0n) is 12.0. The molecule has 0 aromatic heterocycles. The minimum absolute atomic E-state index is 0.310. The molecule has 0 radical (unpaired) electrons. The van der Waals surface area contributed by atoms with Crippen LogP contribution in [0.2, 0.25) is 0 Å². The molecule has 1 aliphatic heterocycles. The number of piperidine rings is 1. The number of likely N-dealkylation sites (tertiary alicyclic amines) is 1. The van der Waals surface area contributed by atoms with Gasteiger partial charge in [-0.05, 0) is 30.9 Å². The van der Waals surface area contributed by atoms with E-state index in [2.05, 4.69) is 11.8 Å². The average molecular weight is 276 g/mol. The Kier molecular flexibility index (Phi) is 5.15. The van der Waals surface area contributed by atoms with E-state index in [4.69, 9.17) is 5.73 Å². The molecule has 0 saturated carbocycles. The fourth-order valence-electron chi connectivity index (χ4n) is 3.03. The van der Waals surface area contributed by atoms with Gasteiger partial charge in [0.2, 0.25) is 0 Å². The maximum Gasteiger partial charge on any atom is 0.312 e. The molecule has 3 N–H and O–H groups in total. The predicted octanol–water partition coefficient (Wildman–Crippen LogP) is 1.91. The smallest absolute Gasteiger partial charge is 0.312 e. The lowest BCUT2D eigenvalue weighted by molar-refractivity contribution is -0.139. The van der Waals surface area contributed by atoms with Gasteiger partial charge in [-0.1, -0.05) is 37.3 Å². The summed E-state index contributed by atoms with van der Waals surface area (Å²) >= 11 is 0. The highest BCUT2D eigenvalue weighted by Crippen LogP contribution is 2.25. The molecule has 1 heterocycles. The third kappa shape index (κ3) is 3.58. The second-order valence-corrected chi connectivity index (χ2v) is 5.82.